The van der Waals surface area contributed by atoms with Crippen molar-refractivity contribution in [2.75, 3.05) is 14.2 Å². The Balaban J connectivity index is 1.99. The summed E-state index contributed by atoms with van der Waals surface area (Å²) in [5.41, 5.74) is 10.0. The lowest BCUT2D eigenvalue weighted by atomic mass is 9.98. The number of hydrogen-bond acceptors (Lipinski definition) is 3. The van der Waals surface area contributed by atoms with E-state index in [0.717, 1.165) is 30.8 Å². The first-order valence-corrected chi connectivity index (χ1v) is 7.73. The topological polar surface area (TPSA) is 44.5 Å². The zero-order valence-corrected chi connectivity index (χ0v) is 13.6. The van der Waals surface area contributed by atoms with Gasteiger partial charge in [0.05, 0.1) is 14.2 Å². The third-order valence-corrected chi connectivity index (χ3v) is 4.01. The van der Waals surface area contributed by atoms with Gasteiger partial charge >= 0.3 is 0 Å². The van der Waals surface area contributed by atoms with Crippen molar-refractivity contribution in [1.29, 1.82) is 0 Å². The second-order valence-electron chi connectivity index (χ2n) is 5.43. The van der Waals surface area contributed by atoms with Crippen LogP contribution in [0.3, 0.4) is 0 Å². The van der Waals surface area contributed by atoms with Gasteiger partial charge in [-0.2, -0.15) is 0 Å². The predicted molar refractivity (Wildman–Crippen MR) is 90.6 cm³/mol. The fourth-order valence-electron chi connectivity index (χ4n) is 2.53. The molecule has 0 spiro atoms. The largest absolute Gasteiger partial charge is 0.493 e. The van der Waals surface area contributed by atoms with Crippen LogP contribution >= 0.6 is 0 Å². The van der Waals surface area contributed by atoms with Crippen LogP contribution in [0, 0.1) is 0 Å². The summed E-state index contributed by atoms with van der Waals surface area (Å²) < 4.78 is 10.6. The Hall–Kier alpha value is -2.00. The lowest BCUT2D eigenvalue weighted by Crippen LogP contribution is -2.11. The molecule has 0 aromatic heterocycles. The highest BCUT2D eigenvalue weighted by atomic mass is 16.5. The molecule has 0 amide bonds. The van der Waals surface area contributed by atoms with Crippen LogP contribution in [0.5, 0.6) is 11.5 Å². The Morgan fingerprint density at radius 2 is 1.55 bits per heavy atom. The molecule has 1 unspecified atom stereocenters. The van der Waals surface area contributed by atoms with Crippen molar-refractivity contribution in [1.82, 2.24) is 0 Å². The van der Waals surface area contributed by atoms with Crippen molar-refractivity contribution >= 4 is 0 Å². The average Bonchev–Trinajstić information content (AvgIpc) is 2.59. The van der Waals surface area contributed by atoms with Crippen LogP contribution in [0.2, 0.25) is 0 Å². The molecule has 2 aromatic carbocycles. The maximum atomic E-state index is 6.31. The average molecular weight is 299 g/mol. The summed E-state index contributed by atoms with van der Waals surface area (Å²) in [6, 6.07) is 14.7. The molecule has 0 aliphatic carbocycles. The number of rotatable bonds is 7. The second kappa shape index (κ2) is 7.85. The maximum absolute atomic E-state index is 6.31. The molecule has 0 bridgehead atoms. The van der Waals surface area contributed by atoms with E-state index in [1.54, 1.807) is 14.2 Å². The van der Waals surface area contributed by atoms with Gasteiger partial charge in [-0.15, -0.1) is 0 Å². The molecule has 3 heteroatoms. The van der Waals surface area contributed by atoms with Crippen molar-refractivity contribution in [2.45, 2.75) is 32.2 Å². The van der Waals surface area contributed by atoms with Crippen molar-refractivity contribution in [3.8, 4) is 11.5 Å². The Bertz CT molecular complexity index is 593. The third kappa shape index (κ3) is 4.01. The van der Waals surface area contributed by atoms with E-state index in [-0.39, 0.29) is 6.04 Å². The van der Waals surface area contributed by atoms with Crippen LogP contribution in [-0.4, -0.2) is 14.2 Å². The number of benzene rings is 2. The van der Waals surface area contributed by atoms with Gasteiger partial charge < -0.3 is 15.2 Å². The highest BCUT2D eigenvalue weighted by Crippen LogP contribution is 2.28. The molecule has 0 radical (unpaired) electrons. The number of ether oxygens (including phenoxy) is 2. The molecule has 2 N–H and O–H groups in total. The van der Waals surface area contributed by atoms with E-state index in [1.807, 2.05) is 12.1 Å². The molecule has 0 saturated heterocycles. The second-order valence-corrected chi connectivity index (χ2v) is 5.43. The van der Waals surface area contributed by atoms with Gasteiger partial charge in [0.2, 0.25) is 0 Å². The Morgan fingerprint density at radius 3 is 2.14 bits per heavy atom. The maximum Gasteiger partial charge on any atom is 0.160 e. The van der Waals surface area contributed by atoms with Gasteiger partial charge in [0.1, 0.15) is 0 Å². The first-order chi connectivity index (χ1) is 10.7. The van der Waals surface area contributed by atoms with E-state index in [2.05, 4.69) is 37.3 Å². The highest BCUT2D eigenvalue weighted by molar-refractivity contribution is 5.43. The van der Waals surface area contributed by atoms with E-state index >= 15 is 0 Å². The molecule has 2 aromatic rings. The van der Waals surface area contributed by atoms with Gasteiger partial charge in [-0.25, -0.2) is 0 Å². The Kier molecular flexibility index (Phi) is 5.84. The number of nitrogens with two attached hydrogens (primary N) is 1. The van der Waals surface area contributed by atoms with Gasteiger partial charge in [-0.3, -0.25) is 0 Å². The molecule has 0 heterocycles. The van der Waals surface area contributed by atoms with Crippen LogP contribution in [-0.2, 0) is 12.8 Å². The molecular weight excluding hydrogens is 274 g/mol. The van der Waals surface area contributed by atoms with Crippen LogP contribution in [0.4, 0.5) is 0 Å². The minimum absolute atomic E-state index is 0.0546. The Labute approximate surface area is 133 Å². The molecule has 3 nitrogen and oxygen atoms in total. The lowest BCUT2D eigenvalue weighted by molar-refractivity contribution is 0.354. The normalized spacial score (nSPS) is 12.0. The van der Waals surface area contributed by atoms with E-state index in [9.17, 15) is 0 Å². The molecule has 0 fully saturated rings. The minimum atomic E-state index is 0.0546. The summed E-state index contributed by atoms with van der Waals surface area (Å²) in [6.45, 7) is 2.16. The fourth-order valence-corrected chi connectivity index (χ4v) is 2.53. The van der Waals surface area contributed by atoms with Gasteiger partial charge in [-0.1, -0.05) is 37.3 Å². The summed E-state index contributed by atoms with van der Waals surface area (Å²) >= 11 is 0. The minimum Gasteiger partial charge on any atom is -0.493 e. The highest BCUT2D eigenvalue weighted by Gasteiger charge is 2.09. The number of hydrogen-bond donors (Lipinski definition) is 1. The summed E-state index contributed by atoms with van der Waals surface area (Å²) in [5.74, 6) is 1.52. The molecular formula is C19H25NO2. The molecule has 0 saturated carbocycles. The van der Waals surface area contributed by atoms with Gasteiger partial charge in [0, 0.05) is 6.04 Å². The molecule has 118 valence electrons. The van der Waals surface area contributed by atoms with Crippen molar-refractivity contribution < 1.29 is 9.47 Å². The summed E-state index contributed by atoms with van der Waals surface area (Å²) in [5, 5.41) is 0. The first kappa shape index (κ1) is 16.4. The first-order valence-electron chi connectivity index (χ1n) is 7.73. The lowest BCUT2D eigenvalue weighted by Gasteiger charge is -2.14. The molecule has 0 aliphatic heterocycles. The van der Waals surface area contributed by atoms with Gasteiger partial charge in [-0.05, 0) is 48.1 Å². The number of aryl methyl sites for hydroxylation is 2. The van der Waals surface area contributed by atoms with E-state index in [1.165, 1.54) is 16.7 Å². The predicted octanol–water partition coefficient (Wildman–Crippen LogP) is 3.90. The van der Waals surface area contributed by atoms with Crippen LogP contribution in [0.25, 0.3) is 0 Å². The standard InChI is InChI=1S/C19H25NO2/c1-4-14-5-9-16(10-6-14)17(20)11-7-15-8-12-18(21-2)19(13-15)22-3/h5-6,8-10,12-13,17H,4,7,11,20H2,1-3H3. The summed E-state index contributed by atoms with van der Waals surface area (Å²) in [7, 11) is 3.30. The van der Waals surface area contributed by atoms with Crippen molar-refractivity contribution in [2.24, 2.45) is 5.73 Å². The van der Waals surface area contributed by atoms with Crippen molar-refractivity contribution in [3.63, 3.8) is 0 Å². The summed E-state index contributed by atoms with van der Waals surface area (Å²) in [4.78, 5) is 0. The van der Waals surface area contributed by atoms with Crippen molar-refractivity contribution in [3.05, 3.63) is 59.2 Å². The fraction of sp³-hybridized carbons (Fsp3) is 0.368. The SMILES string of the molecule is CCc1ccc(C(N)CCc2ccc(OC)c(OC)c2)cc1. The van der Waals surface area contributed by atoms with Gasteiger partial charge in [0.15, 0.2) is 11.5 Å². The van der Waals surface area contributed by atoms with E-state index in [0.29, 0.717) is 0 Å². The number of methoxy groups -OCH3 is 2. The zero-order chi connectivity index (χ0) is 15.9. The Morgan fingerprint density at radius 1 is 0.909 bits per heavy atom. The molecule has 22 heavy (non-hydrogen) atoms. The smallest absolute Gasteiger partial charge is 0.160 e. The third-order valence-electron chi connectivity index (χ3n) is 4.01. The van der Waals surface area contributed by atoms with E-state index in [4.69, 9.17) is 15.2 Å². The molecule has 1 atom stereocenters. The van der Waals surface area contributed by atoms with E-state index < -0.39 is 0 Å². The van der Waals surface area contributed by atoms with Gasteiger partial charge in [0.25, 0.3) is 0 Å². The van der Waals surface area contributed by atoms with Crippen LogP contribution < -0.4 is 15.2 Å². The zero-order valence-electron chi connectivity index (χ0n) is 13.6. The summed E-state index contributed by atoms with van der Waals surface area (Å²) in [6.07, 6.45) is 2.87. The quantitative estimate of drug-likeness (QED) is 0.843. The monoisotopic (exact) mass is 299 g/mol. The molecule has 0 aliphatic rings. The molecule has 2 rings (SSSR count). The van der Waals surface area contributed by atoms with Crippen LogP contribution in [0.1, 0.15) is 36.1 Å². The van der Waals surface area contributed by atoms with Crippen LogP contribution in [0.15, 0.2) is 42.5 Å².